The second kappa shape index (κ2) is 9.50. The number of anilines is 1. The lowest BCUT2D eigenvalue weighted by Gasteiger charge is -2.10. The molecule has 150 valence electrons. The predicted octanol–water partition coefficient (Wildman–Crippen LogP) is 2.93. The molecule has 0 saturated carbocycles. The van der Waals surface area contributed by atoms with Crippen LogP contribution in [0.3, 0.4) is 0 Å². The third kappa shape index (κ3) is 7.15. The van der Waals surface area contributed by atoms with Gasteiger partial charge in [0.25, 0.3) is 5.91 Å². The fraction of sp³-hybridized carbons (Fsp3) is 0.333. The molecule has 0 aliphatic carbocycles. The van der Waals surface area contributed by atoms with Crippen LogP contribution in [0, 0.1) is 12.8 Å². The van der Waals surface area contributed by atoms with E-state index in [0.717, 1.165) is 5.56 Å². The van der Waals surface area contributed by atoms with E-state index in [1.165, 1.54) is 0 Å². The summed E-state index contributed by atoms with van der Waals surface area (Å²) < 4.78 is 24.8. The molecule has 2 amide bonds. The second-order valence-electron chi connectivity index (χ2n) is 7.25. The smallest absolute Gasteiger partial charge is 0.251 e. The highest BCUT2D eigenvalue weighted by atomic mass is 32.2. The number of nitrogens with one attached hydrogen (secondary N) is 2. The molecule has 0 aromatic heterocycles. The topological polar surface area (TPSA) is 92.3 Å². The average molecular weight is 403 g/mol. The van der Waals surface area contributed by atoms with E-state index in [1.54, 1.807) is 36.4 Å². The standard InChI is InChI=1S/C21H26N2O4S/c1-15(2)12-22-21(25)18-6-4-5-17(11-18)13-28(26,27)14-20(24)23-19-9-7-16(3)8-10-19/h4-11,15H,12-14H2,1-3H3,(H,22,25)(H,23,24). The summed E-state index contributed by atoms with van der Waals surface area (Å²) in [7, 11) is -3.67. The highest BCUT2D eigenvalue weighted by Crippen LogP contribution is 2.12. The van der Waals surface area contributed by atoms with Gasteiger partial charge in [-0.3, -0.25) is 9.59 Å². The van der Waals surface area contributed by atoms with Gasteiger partial charge in [-0.25, -0.2) is 8.42 Å². The Morgan fingerprint density at radius 2 is 1.71 bits per heavy atom. The maximum Gasteiger partial charge on any atom is 0.251 e. The van der Waals surface area contributed by atoms with Gasteiger partial charge in [0.15, 0.2) is 9.84 Å². The van der Waals surface area contributed by atoms with E-state index in [0.29, 0.717) is 29.3 Å². The minimum atomic E-state index is -3.67. The summed E-state index contributed by atoms with van der Waals surface area (Å²) in [6, 6.07) is 13.6. The molecule has 0 spiro atoms. The average Bonchev–Trinajstić information content (AvgIpc) is 2.60. The molecule has 6 nitrogen and oxygen atoms in total. The van der Waals surface area contributed by atoms with Crippen molar-refractivity contribution in [3.8, 4) is 0 Å². The van der Waals surface area contributed by atoms with Crippen molar-refractivity contribution < 1.29 is 18.0 Å². The van der Waals surface area contributed by atoms with Crippen LogP contribution in [0.25, 0.3) is 0 Å². The van der Waals surface area contributed by atoms with Crippen LogP contribution >= 0.6 is 0 Å². The number of hydrogen-bond donors (Lipinski definition) is 2. The first-order chi connectivity index (χ1) is 13.1. The maximum absolute atomic E-state index is 12.4. The minimum Gasteiger partial charge on any atom is -0.352 e. The van der Waals surface area contributed by atoms with Crippen molar-refractivity contribution >= 4 is 27.3 Å². The highest BCUT2D eigenvalue weighted by molar-refractivity contribution is 7.91. The zero-order chi connectivity index (χ0) is 20.7. The molecule has 0 saturated heterocycles. The monoisotopic (exact) mass is 402 g/mol. The Morgan fingerprint density at radius 1 is 1.04 bits per heavy atom. The highest BCUT2D eigenvalue weighted by Gasteiger charge is 2.18. The summed E-state index contributed by atoms with van der Waals surface area (Å²) in [5.41, 5.74) is 2.47. The van der Waals surface area contributed by atoms with Gasteiger partial charge in [-0.05, 0) is 42.7 Å². The van der Waals surface area contributed by atoms with Crippen molar-refractivity contribution in [3.63, 3.8) is 0 Å². The van der Waals surface area contributed by atoms with Crippen LogP contribution in [0.4, 0.5) is 5.69 Å². The number of hydrogen-bond acceptors (Lipinski definition) is 4. The lowest BCUT2D eigenvalue weighted by atomic mass is 10.1. The Bertz CT molecular complexity index is 935. The van der Waals surface area contributed by atoms with Gasteiger partial charge in [-0.2, -0.15) is 0 Å². The summed E-state index contributed by atoms with van der Waals surface area (Å²) >= 11 is 0. The zero-order valence-electron chi connectivity index (χ0n) is 16.4. The summed E-state index contributed by atoms with van der Waals surface area (Å²) in [6.45, 7) is 6.45. The van der Waals surface area contributed by atoms with E-state index in [-0.39, 0.29) is 11.7 Å². The van der Waals surface area contributed by atoms with Crippen molar-refractivity contribution in [1.82, 2.24) is 5.32 Å². The molecule has 0 heterocycles. The van der Waals surface area contributed by atoms with E-state index in [2.05, 4.69) is 10.6 Å². The number of sulfone groups is 1. The van der Waals surface area contributed by atoms with E-state index in [9.17, 15) is 18.0 Å². The molecule has 2 rings (SSSR count). The van der Waals surface area contributed by atoms with Crippen molar-refractivity contribution in [2.75, 3.05) is 17.6 Å². The van der Waals surface area contributed by atoms with E-state index >= 15 is 0 Å². The molecule has 0 atom stereocenters. The predicted molar refractivity (Wildman–Crippen MR) is 111 cm³/mol. The molecule has 2 N–H and O–H groups in total. The first-order valence-electron chi connectivity index (χ1n) is 9.09. The lowest BCUT2D eigenvalue weighted by Crippen LogP contribution is -2.27. The van der Waals surface area contributed by atoms with Gasteiger partial charge >= 0.3 is 0 Å². The first kappa shape index (κ1) is 21.6. The second-order valence-corrected chi connectivity index (χ2v) is 9.32. The molecule has 2 aromatic rings. The van der Waals surface area contributed by atoms with Crippen LogP contribution in [0.2, 0.25) is 0 Å². The summed E-state index contributed by atoms with van der Waals surface area (Å²) in [6.07, 6.45) is 0. The molecule has 0 unspecified atom stereocenters. The molecular weight excluding hydrogens is 376 g/mol. The van der Waals surface area contributed by atoms with Crippen LogP contribution in [-0.2, 0) is 20.4 Å². The fourth-order valence-corrected chi connectivity index (χ4v) is 3.80. The molecule has 0 fully saturated rings. The Labute approximate surface area is 166 Å². The van der Waals surface area contributed by atoms with Crippen molar-refractivity contribution in [3.05, 3.63) is 65.2 Å². The molecule has 0 aliphatic rings. The molecule has 0 aliphatic heterocycles. The molecule has 0 bridgehead atoms. The van der Waals surface area contributed by atoms with Crippen LogP contribution < -0.4 is 10.6 Å². The van der Waals surface area contributed by atoms with E-state index in [1.807, 2.05) is 32.9 Å². The van der Waals surface area contributed by atoms with E-state index < -0.39 is 21.5 Å². The first-order valence-corrected chi connectivity index (χ1v) is 10.9. The van der Waals surface area contributed by atoms with Crippen LogP contribution in [-0.4, -0.2) is 32.5 Å². The minimum absolute atomic E-state index is 0.245. The quantitative estimate of drug-likeness (QED) is 0.710. The van der Waals surface area contributed by atoms with Crippen molar-refractivity contribution in [2.24, 2.45) is 5.92 Å². The molecule has 28 heavy (non-hydrogen) atoms. The summed E-state index contributed by atoms with van der Waals surface area (Å²) in [5, 5.41) is 5.39. The summed E-state index contributed by atoms with van der Waals surface area (Å²) in [4.78, 5) is 24.2. The third-order valence-electron chi connectivity index (χ3n) is 3.93. The van der Waals surface area contributed by atoms with E-state index in [4.69, 9.17) is 0 Å². The molecular formula is C21H26N2O4S. The van der Waals surface area contributed by atoms with Crippen LogP contribution in [0.1, 0.15) is 35.3 Å². The van der Waals surface area contributed by atoms with Crippen molar-refractivity contribution in [1.29, 1.82) is 0 Å². The van der Waals surface area contributed by atoms with Gasteiger partial charge in [0.2, 0.25) is 5.91 Å². The number of amides is 2. The largest absolute Gasteiger partial charge is 0.352 e. The SMILES string of the molecule is Cc1ccc(NC(=O)CS(=O)(=O)Cc2cccc(C(=O)NCC(C)C)c2)cc1. The van der Waals surface area contributed by atoms with Crippen LogP contribution in [0.5, 0.6) is 0 Å². The van der Waals surface area contributed by atoms with Gasteiger partial charge in [0.05, 0.1) is 5.75 Å². The van der Waals surface area contributed by atoms with Gasteiger partial charge in [-0.15, -0.1) is 0 Å². The van der Waals surface area contributed by atoms with Crippen molar-refractivity contribution in [2.45, 2.75) is 26.5 Å². The lowest BCUT2D eigenvalue weighted by molar-refractivity contribution is -0.113. The molecule has 0 radical (unpaired) electrons. The summed E-state index contributed by atoms with van der Waals surface area (Å²) in [5.74, 6) is -1.44. The van der Waals surface area contributed by atoms with Gasteiger partial charge in [0, 0.05) is 17.8 Å². The van der Waals surface area contributed by atoms with Gasteiger partial charge < -0.3 is 10.6 Å². The Hall–Kier alpha value is -2.67. The molecule has 2 aromatic carbocycles. The number of benzene rings is 2. The van der Waals surface area contributed by atoms with Gasteiger partial charge in [-0.1, -0.05) is 43.7 Å². The molecule has 7 heteroatoms. The van der Waals surface area contributed by atoms with Crippen LogP contribution in [0.15, 0.2) is 48.5 Å². The normalized spacial score (nSPS) is 11.3. The zero-order valence-corrected chi connectivity index (χ0v) is 17.2. The fourth-order valence-electron chi connectivity index (χ4n) is 2.54. The number of carbonyl (C=O) groups is 2. The number of rotatable bonds is 8. The van der Waals surface area contributed by atoms with Gasteiger partial charge in [0.1, 0.15) is 5.75 Å². The number of aryl methyl sites for hydroxylation is 1. The Kier molecular flexibility index (Phi) is 7.34. The Morgan fingerprint density at radius 3 is 2.36 bits per heavy atom. The third-order valence-corrected chi connectivity index (χ3v) is 5.41. The maximum atomic E-state index is 12.4. The number of carbonyl (C=O) groups excluding carboxylic acids is 2. The Balaban J connectivity index is 1.99.